The van der Waals surface area contributed by atoms with Crippen LogP contribution in [0.5, 0.6) is 0 Å². The van der Waals surface area contributed by atoms with Gasteiger partial charge >= 0.3 is 0 Å². The van der Waals surface area contributed by atoms with E-state index in [4.69, 9.17) is 0 Å². The van der Waals surface area contributed by atoms with Gasteiger partial charge in [0, 0.05) is 43.5 Å². The lowest BCUT2D eigenvalue weighted by Gasteiger charge is -2.43. The van der Waals surface area contributed by atoms with Crippen molar-refractivity contribution >= 4 is 5.69 Å². The second kappa shape index (κ2) is 5.24. The van der Waals surface area contributed by atoms with Gasteiger partial charge in [-0.15, -0.1) is 0 Å². The van der Waals surface area contributed by atoms with E-state index >= 15 is 0 Å². The van der Waals surface area contributed by atoms with Crippen LogP contribution in [-0.4, -0.2) is 46.7 Å². The molecule has 0 saturated carbocycles. The van der Waals surface area contributed by atoms with Gasteiger partial charge in [-0.2, -0.15) is 0 Å². The Bertz CT molecular complexity index is 392. The Balaban J connectivity index is 2.06. The molecular formula is C14H23N3O. The Morgan fingerprint density at radius 3 is 2.44 bits per heavy atom. The van der Waals surface area contributed by atoms with Gasteiger partial charge in [-0.25, -0.2) is 0 Å². The highest BCUT2D eigenvalue weighted by atomic mass is 16.3. The summed E-state index contributed by atoms with van der Waals surface area (Å²) in [5.74, 6) is 0. The van der Waals surface area contributed by atoms with Crippen molar-refractivity contribution in [2.75, 3.05) is 31.1 Å². The van der Waals surface area contributed by atoms with Crippen LogP contribution < -0.4 is 4.90 Å². The molecule has 4 nitrogen and oxygen atoms in total. The number of hydrogen-bond acceptors (Lipinski definition) is 4. The van der Waals surface area contributed by atoms with Crippen molar-refractivity contribution in [2.24, 2.45) is 0 Å². The number of rotatable bonds is 2. The van der Waals surface area contributed by atoms with Crippen molar-refractivity contribution in [1.29, 1.82) is 0 Å². The van der Waals surface area contributed by atoms with Crippen LogP contribution in [0.15, 0.2) is 18.5 Å². The number of nitrogens with zero attached hydrogens (tertiary/aromatic N) is 3. The third kappa shape index (κ3) is 2.82. The third-order valence-electron chi connectivity index (χ3n) is 3.63. The molecule has 4 heteroatoms. The van der Waals surface area contributed by atoms with E-state index in [0.717, 1.165) is 37.4 Å². The summed E-state index contributed by atoms with van der Waals surface area (Å²) in [6, 6.07) is 1.89. The summed E-state index contributed by atoms with van der Waals surface area (Å²) in [5, 5.41) is 9.37. The lowest BCUT2D eigenvalue weighted by Crippen LogP contribution is -2.53. The maximum Gasteiger partial charge on any atom is 0.0703 e. The molecular weight excluding hydrogens is 226 g/mol. The zero-order valence-corrected chi connectivity index (χ0v) is 11.6. The quantitative estimate of drug-likeness (QED) is 0.862. The monoisotopic (exact) mass is 249 g/mol. The van der Waals surface area contributed by atoms with Gasteiger partial charge in [0.25, 0.3) is 0 Å². The molecule has 0 bridgehead atoms. The summed E-state index contributed by atoms with van der Waals surface area (Å²) in [7, 11) is 0. The molecule has 1 saturated heterocycles. The number of aliphatic hydroxyl groups excluding tert-OH is 1. The minimum atomic E-state index is 0.0807. The molecule has 1 aliphatic heterocycles. The molecule has 0 unspecified atom stereocenters. The Hall–Kier alpha value is -1.13. The molecule has 1 N–H and O–H groups in total. The van der Waals surface area contributed by atoms with Gasteiger partial charge < -0.3 is 10.0 Å². The maximum absolute atomic E-state index is 9.37. The number of hydrogen-bond donors (Lipinski definition) is 1. The Morgan fingerprint density at radius 1 is 1.22 bits per heavy atom. The van der Waals surface area contributed by atoms with E-state index in [-0.39, 0.29) is 12.1 Å². The molecule has 0 amide bonds. The molecule has 1 fully saturated rings. The van der Waals surface area contributed by atoms with Gasteiger partial charge in [-0.1, -0.05) is 0 Å². The molecule has 0 radical (unpaired) electrons. The SMILES string of the molecule is CC(C)(C)N1CCN(c2cnccc2CO)CC1. The highest BCUT2D eigenvalue weighted by Gasteiger charge is 2.26. The average molecular weight is 249 g/mol. The summed E-state index contributed by atoms with van der Waals surface area (Å²) in [6.07, 6.45) is 3.60. The highest BCUT2D eigenvalue weighted by molar-refractivity contribution is 5.51. The molecule has 18 heavy (non-hydrogen) atoms. The van der Waals surface area contributed by atoms with Crippen molar-refractivity contribution < 1.29 is 5.11 Å². The standard InChI is InChI=1S/C14H23N3O/c1-14(2,3)17-8-6-16(7-9-17)13-10-15-5-4-12(13)11-18/h4-5,10,18H,6-9,11H2,1-3H3. The molecule has 1 aromatic rings. The van der Waals surface area contributed by atoms with Crippen LogP contribution in [0.4, 0.5) is 5.69 Å². The number of aliphatic hydroxyl groups is 1. The summed E-state index contributed by atoms with van der Waals surface area (Å²) >= 11 is 0. The predicted molar refractivity (Wildman–Crippen MR) is 73.7 cm³/mol. The van der Waals surface area contributed by atoms with Crippen molar-refractivity contribution in [1.82, 2.24) is 9.88 Å². The number of pyridine rings is 1. The van der Waals surface area contributed by atoms with Gasteiger partial charge in [0.1, 0.15) is 0 Å². The number of aromatic nitrogens is 1. The van der Waals surface area contributed by atoms with Crippen LogP contribution in [0.2, 0.25) is 0 Å². The first-order valence-electron chi connectivity index (χ1n) is 6.56. The van der Waals surface area contributed by atoms with E-state index in [9.17, 15) is 5.11 Å². The Kier molecular flexibility index (Phi) is 3.88. The number of anilines is 1. The zero-order chi connectivity index (χ0) is 13.2. The first-order valence-corrected chi connectivity index (χ1v) is 6.56. The first kappa shape index (κ1) is 13.3. The fourth-order valence-electron chi connectivity index (χ4n) is 2.45. The van der Waals surface area contributed by atoms with Crippen LogP contribution in [0.25, 0.3) is 0 Å². The van der Waals surface area contributed by atoms with Crippen LogP contribution in [0.1, 0.15) is 26.3 Å². The van der Waals surface area contributed by atoms with Gasteiger partial charge in [0.15, 0.2) is 0 Å². The van der Waals surface area contributed by atoms with E-state index in [0.29, 0.717) is 0 Å². The number of piperazine rings is 1. The van der Waals surface area contributed by atoms with Crippen molar-refractivity contribution in [3.8, 4) is 0 Å². The van der Waals surface area contributed by atoms with Crippen LogP contribution in [0, 0.1) is 0 Å². The summed E-state index contributed by atoms with van der Waals surface area (Å²) < 4.78 is 0. The second-order valence-corrected chi connectivity index (χ2v) is 5.81. The maximum atomic E-state index is 9.37. The highest BCUT2D eigenvalue weighted by Crippen LogP contribution is 2.23. The third-order valence-corrected chi connectivity index (χ3v) is 3.63. The van der Waals surface area contributed by atoms with Gasteiger partial charge in [-0.3, -0.25) is 9.88 Å². The van der Waals surface area contributed by atoms with Crippen molar-refractivity contribution in [3.63, 3.8) is 0 Å². The molecule has 1 aromatic heterocycles. The zero-order valence-electron chi connectivity index (χ0n) is 11.6. The fourth-order valence-corrected chi connectivity index (χ4v) is 2.45. The minimum Gasteiger partial charge on any atom is -0.392 e. The fraction of sp³-hybridized carbons (Fsp3) is 0.643. The van der Waals surface area contributed by atoms with E-state index < -0.39 is 0 Å². The normalized spacial score (nSPS) is 18.1. The van der Waals surface area contributed by atoms with Crippen LogP contribution in [-0.2, 0) is 6.61 Å². The summed E-state index contributed by atoms with van der Waals surface area (Å²) in [5.41, 5.74) is 2.28. The lowest BCUT2D eigenvalue weighted by molar-refractivity contribution is 0.128. The van der Waals surface area contributed by atoms with Crippen molar-refractivity contribution in [2.45, 2.75) is 32.9 Å². The molecule has 0 atom stereocenters. The summed E-state index contributed by atoms with van der Waals surface area (Å²) in [4.78, 5) is 8.99. The van der Waals surface area contributed by atoms with E-state index in [1.54, 1.807) is 6.20 Å². The van der Waals surface area contributed by atoms with E-state index in [1.807, 2.05) is 12.3 Å². The van der Waals surface area contributed by atoms with Crippen LogP contribution in [0.3, 0.4) is 0 Å². The molecule has 2 heterocycles. The van der Waals surface area contributed by atoms with Gasteiger partial charge in [0.2, 0.25) is 0 Å². The summed E-state index contributed by atoms with van der Waals surface area (Å²) in [6.45, 7) is 11.0. The second-order valence-electron chi connectivity index (χ2n) is 5.81. The van der Waals surface area contributed by atoms with Crippen molar-refractivity contribution in [3.05, 3.63) is 24.0 Å². The lowest BCUT2D eigenvalue weighted by atomic mass is 10.0. The Labute approximate surface area is 109 Å². The van der Waals surface area contributed by atoms with E-state index in [2.05, 4.69) is 35.6 Å². The molecule has 0 aromatic carbocycles. The largest absolute Gasteiger partial charge is 0.392 e. The minimum absolute atomic E-state index is 0.0807. The van der Waals surface area contributed by atoms with Crippen LogP contribution >= 0.6 is 0 Å². The van der Waals surface area contributed by atoms with Gasteiger partial charge in [-0.05, 0) is 26.8 Å². The van der Waals surface area contributed by atoms with E-state index in [1.165, 1.54) is 0 Å². The smallest absolute Gasteiger partial charge is 0.0703 e. The first-order chi connectivity index (χ1) is 8.52. The predicted octanol–water partition coefficient (Wildman–Crippen LogP) is 1.49. The molecule has 0 spiro atoms. The Morgan fingerprint density at radius 2 is 1.89 bits per heavy atom. The average Bonchev–Trinajstić information content (AvgIpc) is 2.38. The molecule has 1 aliphatic rings. The van der Waals surface area contributed by atoms with Gasteiger partial charge in [0.05, 0.1) is 18.5 Å². The molecule has 2 rings (SSSR count). The topological polar surface area (TPSA) is 39.6 Å². The molecule has 100 valence electrons. The molecule has 0 aliphatic carbocycles.